The summed E-state index contributed by atoms with van der Waals surface area (Å²) in [6, 6.07) is 18.9. The largest absolute Gasteiger partial charge is 0.354 e. The Hall–Kier alpha value is -2.56. The van der Waals surface area contributed by atoms with Crippen LogP contribution < -0.4 is 10.8 Å². The van der Waals surface area contributed by atoms with Crippen LogP contribution in [0.5, 0.6) is 0 Å². The Morgan fingerprint density at radius 2 is 1.27 bits per heavy atom. The Bertz CT molecular complexity index is 1420. The highest BCUT2D eigenvalue weighted by molar-refractivity contribution is 7.80. The topological polar surface area (TPSA) is 12.0 Å². The van der Waals surface area contributed by atoms with Crippen molar-refractivity contribution in [3.63, 3.8) is 0 Å². The van der Waals surface area contributed by atoms with Crippen LogP contribution >= 0.6 is 25.3 Å². The average Bonchev–Trinajstić information content (AvgIpc) is 3.24. The Morgan fingerprint density at radius 3 is 1.97 bits per heavy atom. The highest BCUT2D eigenvalue weighted by Gasteiger charge is 2.31. The molecular weight excluding hydrogens is 437 g/mol. The van der Waals surface area contributed by atoms with E-state index in [-0.39, 0.29) is 0 Å². The van der Waals surface area contributed by atoms with Crippen LogP contribution in [0.4, 0.5) is 11.4 Å². The van der Waals surface area contributed by atoms with Crippen LogP contribution in [0.15, 0.2) is 64.4 Å². The first-order chi connectivity index (χ1) is 15.8. The number of hydrogen-bond donors (Lipinski definition) is 3. The maximum Gasteiger partial charge on any atom is 0.115 e. The first kappa shape index (κ1) is 22.2. The van der Waals surface area contributed by atoms with Gasteiger partial charge in [-0.15, -0.1) is 25.3 Å². The van der Waals surface area contributed by atoms with E-state index in [0.717, 1.165) is 55.3 Å². The molecule has 2 radical (unpaired) electrons. The SMILES string of the molecule is [B]c1c(C)c(C)c(S)c2c1-c1c(c(S)c(C)c(C)c1Nc1ccccc1-c1ccccc1)C2. The van der Waals surface area contributed by atoms with Crippen LogP contribution in [0.25, 0.3) is 22.3 Å². The molecule has 0 amide bonds. The molecule has 1 aliphatic rings. The molecule has 33 heavy (non-hydrogen) atoms. The summed E-state index contributed by atoms with van der Waals surface area (Å²) in [7, 11) is 6.75. The Morgan fingerprint density at radius 1 is 0.697 bits per heavy atom. The molecule has 0 aromatic heterocycles. The lowest BCUT2D eigenvalue weighted by molar-refractivity contribution is 1.09. The predicted molar refractivity (Wildman–Crippen MR) is 149 cm³/mol. The first-order valence-corrected chi connectivity index (χ1v) is 12.1. The Labute approximate surface area is 208 Å². The summed E-state index contributed by atoms with van der Waals surface area (Å²) in [5, 5.41) is 3.81. The van der Waals surface area contributed by atoms with Gasteiger partial charge in [0.2, 0.25) is 0 Å². The van der Waals surface area contributed by atoms with Gasteiger partial charge in [0.05, 0.1) is 0 Å². The smallest absolute Gasteiger partial charge is 0.115 e. The van der Waals surface area contributed by atoms with Crippen molar-refractivity contribution >= 4 is 49.9 Å². The van der Waals surface area contributed by atoms with Crippen LogP contribution in [-0.2, 0) is 6.42 Å². The molecule has 4 heteroatoms. The molecule has 4 aromatic rings. The zero-order valence-corrected chi connectivity index (χ0v) is 21.2. The van der Waals surface area contributed by atoms with Crippen LogP contribution in [0.1, 0.15) is 33.4 Å². The normalized spacial score (nSPS) is 11.9. The highest BCUT2D eigenvalue weighted by atomic mass is 32.1. The van der Waals surface area contributed by atoms with E-state index in [4.69, 9.17) is 33.1 Å². The summed E-state index contributed by atoms with van der Waals surface area (Å²) in [5.74, 6) is 0. The number of benzene rings is 4. The van der Waals surface area contributed by atoms with Gasteiger partial charge in [0.25, 0.3) is 0 Å². The van der Waals surface area contributed by atoms with Gasteiger partial charge in [-0.05, 0) is 72.7 Å². The van der Waals surface area contributed by atoms with Gasteiger partial charge >= 0.3 is 0 Å². The van der Waals surface area contributed by atoms with Gasteiger partial charge in [0.1, 0.15) is 7.85 Å². The lowest BCUT2D eigenvalue weighted by atomic mass is 9.80. The molecule has 162 valence electrons. The number of anilines is 2. The second-order valence-electron chi connectivity index (χ2n) is 8.91. The minimum absolute atomic E-state index is 0.795. The summed E-state index contributed by atoms with van der Waals surface area (Å²) in [5.41, 5.74) is 14.7. The third-order valence-corrected chi connectivity index (χ3v) is 8.39. The van der Waals surface area contributed by atoms with E-state index in [2.05, 4.69) is 81.5 Å². The van der Waals surface area contributed by atoms with Crippen molar-refractivity contribution in [2.24, 2.45) is 0 Å². The summed E-state index contributed by atoms with van der Waals surface area (Å²) >= 11 is 9.86. The second kappa shape index (κ2) is 8.34. The van der Waals surface area contributed by atoms with Crippen molar-refractivity contribution in [3.05, 3.63) is 88.0 Å². The molecule has 0 unspecified atom stereocenters. The van der Waals surface area contributed by atoms with Crippen LogP contribution in [0, 0.1) is 27.7 Å². The lowest BCUT2D eigenvalue weighted by Crippen LogP contribution is -2.15. The van der Waals surface area contributed by atoms with Crippen molar-refractivity contribution in [1.82, 2.24) is 0 Å². The third kappa shape index (κ3) is 3.43. The monoisotopic (exact) mass is 463 g/mol. The van der Waals surface area contributed by atoms with E-state index < -0.39 is 0 Å². The van der Waals surface area contributed by atoms with Crippen molar-refractivity contribution in [3.8, 4) is 22.3 Å². The van der Waals surface area contributed by atoms with E-state index in [1.807, 2.05) is 6.07 Å². The maximum atomic E-state index is 6.75. The van der Waals surface area contributed by atoms with E-state index in [1.165, 1.54) is 33.4 Å². The number of para-hydroxylation sites is 1. The fraction of sp³-hybridized carbons (Fsp3) is 0.172. The molecule has 0 bridgehead atoms. The molecule has 0 atom stereocenters. The van der Waals surface area contributed by atoms with Crippen molar-refractivity contribution in [2.75, 3.05) is 5.32 Å². The van der Waals surface area contributed by atoms with Crippen molar-refractivity contribution < 1.29 is 0 Å². The molecule has 0 fully saturated rings. The molecular formula is C29H26BNS2. The molecule has 0 aliphatic heterocycles. The quantitative estimate of drug-likeness (QED) is 0.189. The van der Waals surface area contributed by atoms with Crippen molar-refractivity contribution in [1.29, 1.82) is 0 Å². The van der Waals surface area contributed by atoms with Gasteiger partial charge in [0, 0.05) is 38.7 Å². The van der Waals surface area contributed by atoms with Crippen LogP contribution in [0.2, 0.25) is 0 Å². The van der Waals surface area contributed by atoms with Gasteiger partial charge in [-0.25, -0.2) is 0 Å². The molecule has 1 nitrogen and oxygen atoms in total. The minimum atomic E-state index is 0.795. The van der Waals surface area contributed by atoms with Crippen LogP contribution in [0.3, 0.4) is 0 Å². The summed E-state index contributed by atoms with van der Waals surface area (Å²) in [4.78, 5) is 2.08. The maximum absolute atomic E-state index is 6.75. The third-order valence-electron chi connectivity index (χ3n) is 7.18. The summed E-state index contributed by atoms with van der Waals surface area (Å²) in [6.45, 7) is 8.50. The lowest BCUT2D eigenvalue weighted by Gasteiger charge is -2.23. The van der Waals surface area contributed by atoms with Gasteiger partial charge in [-0.3, -0.25) is 0 Å². The average molecular weight is 463 g/mol. The van der Waals surface area contributed by atoms with Gasteiger partial charge in [-0.2, -0.15) is 0 Å². The van der Waals surface area contributed by atoms with Gasteiger partial charge in [0.15, 0.2) is 0 Å². The predicted octanol–water partition coefficient (Wildman–Crippen LogP) is 7.27. The van der Waals surface area contributed by atoms with Crippen molar-refractivity contribution in [2.45, 2.75) is 43.9 Å². The van der Waals surface area contributed by atoms with E-state index in [0.29, 0.717) is 0 Å². The zero-order chi connectivity index (χ0) is 23.4. The minimum Gasteiger partial charge on any atom is -0.354 e. The first-order valence-electron chi connectivity index (χ1n) is 11.2. The molecule has 0 spiro atoms. The van der Waals surface area contributed by atoms with E-state index in [9.17, 15) is 0 Å². The molecule has 1 aliphatic carbocycles. The van der Waals surface area contributed by atoms with E-state index >= 15 is 0 Å². The molecule has 1 N–H and O–H groups in total. The second-order valence-corrected chi connectivity index (χ2v) is 9.80. The number of fused-ring (bicyclic) bond motifs is 3. The number of nitrogens with one attached hydrogen (secondary N) is 1. The Kier molecular flexibility index (Phi) is 5.62. The molecule has 0 heterocycles. The van der Waals surface area contributed by atoms with Gasteiger partial charge in [-0.1, -0.05) is 59.6 Å². The number of rotatable bonds is 3. The summed E-state index contributed by atoms with van der Waals surface area (Å²) in [6.07, 6.45) is 0.795. The molecule has 5 rings (SSSR count). The van der Waals surface area contributed by atoms with Gasteiger partial charge < -0.3 is 5.32 Å². The zero-order valence-electron chi connectivity index (χ0n) is 19.4. The van der Waals surface area contributed by atoms with E-state index in [1.54, 1.807) is 0 Å². The fourth-order valence-corrected chi connectivity index (χ4v) is 5.67. The number of thiol groups is 2. The number of hydrogen-bond acceptors (Lipinski definition) is 3. The fourth-order valence-electron chi connectivity index (χ4n) is 4.96. The molecule has 0 saturated heterocycles. The van der Waals surface area contributed by atoms with Crippen LogP contribution in [-0.4, -0.2) is 7.85 Å². The highest BCUT2D eigenvalue weighted by Crippen LogP contribution is 2.50. The molecule has 0 saturated carbocycles. The summed E-state index contributed by atoms with van der Waals surface area (Å²) < 4.78 is 0. The molecule has 4 aromatic carbocycles. The standard InChI is InChI=1S/C29H26BNS2/c1-15-17(3)28(32)21-14-22-25(24(21)26(15)30)27(16(2)18(4)29(22)33)31-23-13-9-8-12-20(23)19-10-6-5-7-11-19/h5-13,31-33H,14H2,1-4H3. The Balaban J connectivity index is 1.78.